The molecule has 0 bridgehead atoms. The first kappa shape index (κ1) is 15.6. The van der Waals surface area contributed by atoms with E-state index >= 15 is 0 Å². The first-order chi connectivity index (χ1) is 11.0. The quantitative estimate of drug-likeness (QED) is 0.913. The molecule has 0 fully saturated rings. The summed E-state index contributed by atoms with van der Waals surface area (Å²) in [6, 6.07) is 14.0. The van der Waals surface area contributed by atoms with Gasteiger partial charge in [0, 0.05) is 13.0 Å². The summed E-state index contributed by atoms with van der Waals surface area (Å²) in [5.41, 5.74) is 2.59. The van der Waals surface area contributed by atoms with E-state index in [1.54, 1.807) is 24.3 Å². The second kappa shape index (κ2) is 6.04. The van der Waals surface area contributed by atoms with Crippen LogP contribution in [-0.4, -0.2) is 26.0 Å². The fourth-order valence-electron chi connectivity index (χ4n) is 2.76. The van der Waals surface area contributed by atoms with E-state index in [1.165, 1.54) is 4.31 Å². The number of aliphatic carboxylic acids is 1. The van der Waals surface area contributed by atoms with Gasteiger partial charge in [0.1, 0.15) is 0 Å². The number of nitrogens with zero attached hydrogens (tertiary/aromatic N) is 1. The summed E-state index contributed by atoms with van der Waals surface area (Å²) in [7, 11) is -3.58. The fourth-order valence-corrected chi connectivity index (χ4v) is 4.27. The highest BCUT2D eigenvalue weighted by molar-refractivity contribution is 7.92. The van der Waals surface area contributed by atoms with Crippen molar-refractivity contribution in [2.45, 2.75) is 24.2 Å². The molecule has 3 rings (SSSR count). The van der Waals surface area contributed by atoms with Gasteiger partial charge in [-0.25, -0.2) is 8.42 Å². The first-order valence-electron chi connectivity index (χ1n) is 7.40. The lowest BCUT2D eigenvalue weighted by Crippen LogP contribution is -2.29. The molecule has 1 heterocycles. The van der Waals surface area contributed by atoms with Crippen LogP contribution < -0.4 is 4.31 Å². The number of carboxylic acids is 1. The van der Waals surface area contributed by atoms with E-state index in [1.807, 2.05) is 24.3 Å². The van der Waals surface area contributed by atoms with Gasteiger partial charge in [-0.15, -0.1) is 0 Å². The Kier molecular flexibility index (Phi) is 4.09. The van der Waals surface area contributed by atoms with Crippen molar-refractivity contribution in [1.82, 2.24) is 0 Å². The van der Waals surface area contributed by atoms with Gasteiger partial charge >= 0.3 is 5.97 Å². The molecule has 5 nitrogen and oxygen atoms in total. The minimum atomic E-state index is -3.58. The van der Waals surface area contributed by atoms with Gasteiger partial charge in [-0.05, 0) is 42.2 Å². The van der Waals surface area contributed by atoms with Crippen LogP contribution in [0.2, 0.25) is 0 Å². The van der Waals surface area contributed by atoms with Gasteiger partial charge < -0.3 is 5.11 Å². The van der Waals surface area contributed by atoms with Crippen molar-refractivity contribution in [2.24, 2.45) is 0 Å². The fraction of sp³-hybridized carbons (Fsp3) is 0.235. The van der Waals surface area contributed by atoms with Crippen LogP contribution in [-0.2, 0) is 27.7 Å². The van der Waals surface area contributed by atoms with Crippen LogP contribution in [0.25, 0.3) is 0 Å². The van der Waals surface area contributed by atoms with Gasteiger partial charge in [-0.2, -0.15) is 0 Å². The summed E-state index contributed by atoms with van der Waals surface area (Å²) < 4.78 is 27.1. The summed E-state index contributed by atoms with van der Waals surface area (Å²) in [6.07, 6.45) is 1.14. The standard InChI is InChI=1S/C17H17NO4S/c19-17(20)10-7-13-5-8-15(9-6-13)23(21,22)18-12-11-14-3-1-2-4-16(14)18/h1-6,8-9H,7,10-12H2,(H,19,20). The number of para-hydroxylation sites is 1. The average molecular weight is 331 g/mol. The van der Waals surface area contributed by atoms with Gasteiger partial charge in [-0.1, -0.05) is 30.3 Å². The largest absolute Gasteiger partial charge is 0.481 e. The third kappa shape index (κ3) is 3.07. The monoisotopic (exact) mass is 331 g/mol. The average Bonchev–Trinajstić information content (AvgIpc) is 2.98. The molecule has 0 radical (unpaired) electrons. The Morgan fingerprint density at radius 1 is 1.09 bits per heavy atom. The molecule has 1 N–H and O–H groups in total. The summed E-state index contributed by atoms with van der Waals surface area (Å²) >= 11 is 0. The van der Waals surface area contributed by atoms with Crippen LogP contribution in [0, 0.1) is 0 Å². The van der Waals surface area contributed by atoms with Crippen molar-refractivity contribution in [2.75, 3.05) is 10.8 Å². The molecule has 1 aliphatic rings. The van der Waals surface area contributed by atoms with Gasteiger partial charge in [0.05, 0.1) is 10.6 Å². The highest BCUT2D eigenvalue weighted by Gasteiger charge is 2.30. The molecular weight excluding hydrogens is 314 g/mol. The molecule has 1 aliphatic heterocycles. The molecule has 0 unspecified atom stereocenters. The van der Waals surface area contributed by atoms with Crippen molar-refractivity contribution in [3.63, 3.8) is 0 Å². The van der Waals surface area contributed by atoms with E-state index in [9.17, 15) is 13.2 Å². The number of anilines is 1. The Bertz CT molecular complexity index is 828. The van der Waals surface area contributed by atoms with Crippen molar-refractivity contribution < 1.29 is 18.3 Å². The highest BCUT2D eigenvalue weighted by Crippen LogP contribution is 2.32. The number of sulfonamides is 1. The molecule has 6 heteroatoms. The van der Waals surface area contributed by atoms with Crippen LogP contribution in [0.15, 0.2) is 53.4 Å². The summed E-state index contributed by atoms with van der Waals surface area (Å²) in [4.78, 5) is 10.8. The zero-order valence-electron chi connectivity index (χ0n) is 12.5. The maximum absolute atomic E-state index is 12.8. The second-order valence-electron chi connectivity index (χ2n) is 5.49. The second-order valence-corrected chi connectivity index (χ2v) is 7.36. The molecule has 0 atom stereocenters. The zero-order valence-corrected chi connectivity index (χ0v) is 13.3. The van der Waals surface area contributed by atoms with Crippen molar-refractivity contribution in [3.8, 4) is 0 Å². The Morgan fingerprint density at radius 2 is 1.78 bits per heavy atom. The number of aryl methyl sites for hydroxylation is 1. The molecule has 23 heavy (non-hydrogen) atoms. The molecule has 0 saturated carbocycles. The van der Waals surface area contributed by atoms with E-state index in [4.69, 9.17) is 5.11 Å². The summed E-state index contributed by atoms with van der Waals surface area (Å²) in [5, 5.41) is 8.69. The number of carbonyl (C=O) groups is 1. The minimum Gasteiger partial charge on any atom is -0.481 e. The highest BCUT2D eigenvalue weighted by atomic mass is 32.2. The molecule has 0 saturated heterocycles. The van der Waals surface area contributed by atoms with Crippen LogP contribution in [0.1, 0.15) is 17.5 Å². The van der Waals surface area contributed by atoms with Crippen LogP contribution in [0.5, 0.6) is 0 Å². The number of rotatable bonds is 5. The number of fused-ring (bicyclic) bond motifs is 1. The van der Waals surface area contributed by atoms with E-state index < -0.39 is 16.0 Å². The number of hydrogen-bond acceptors (Lipinski definition) is 3. The van der Waals surface area contributed by atoms with Crippen LogP contribution in [0.3, 0.4) is 0 Å². The maximum atomic E-state index is 12.8. The molecule has 0 aromatic heterocycles. The predicted molar refractivity (Wildman–Crippen MR) is 87.1 cm³/mol. The Morgan fingerprint density at radius 3 is 2.48 bits per heavy atom. The minimum absolute atomic E-state index is 0.0333. The van der Waals surface area contributed by atoms with E-state index in [-0.39, 0.29) is 11.3 Å². The Labute approximate surface area is 135 Å². The maximum Gasteiger partial charge on any atom is 0.303 e. The van der Waals surface area contributed by atoms with Crippen molar-refractivity contribution in [3.05, 3.63) is 59.7 Å². The Balaban J connectivity index is 1.85. The predicted octanol–water partition coefficient (Wildman–Crippen LogP) is 2.46. The summed E-state index contributed by atoms with van der Waals surface area (Å²) in [5.74, 6) is -0.865. The van der Waals surface area contributed by atoms with E-state index in [0.717, 1.165) is 16.8 Å². The number of hydrogen-bond donors (Lipinski definition) is 1. The van der Waals surface area contributed by atoms with Crippen LogP contribution in [0.4, 0.5) is 5.69 Å². The zero-order chi connectivity index (χ0) is 16.4. The van der Waals surface area contributed by atoms with Gasteiger partial charge in [0.2, 0.25) is 0 Å². The lowest BCUT2D eigenvalue weighted by Gasteiger charge is -2.19. The topological polar surface area (TPSA) is 74.7 Å². The summed E-state index contributed by atoms with van der Waals surface area (Å²) in [6.45, 7) is 0.447. The molecular formula is C17H17NO4S. The van der Waals surface area contributed by atoms with Crippen LogP contribution >= 0.6 is 0 Å². The number of benzene rings is 2. The van der Waals surface area contributed by atoms with E-state index in [0.29, 0.717) is 19.4 Å². The van der Waals surface area contributed by atoms with Gasteiger partial charge in [0.25, 0.3) is 10.0 Å². The normalized spacial score (nSPS) is 13.8. The lowest BCUT2D eigenvalue weighted by molar-refractivity contribution is -0.136. The molecule has 0 spiro atoms. The van der Waals surface area contributed by atoms with Crippen molar-refractivity contribution >= 4 is 21.7 Å². The van der Waals surface area contributed by atoms with Crippen molar-refractivity contribution in [1.29, 1.82) is 0 Å². The lowest BCUT2D eigenvalue weighted by atomic mass is 10.1. The molecule has 0 aliphatic carbocycles. The SMILES string of the molecule is O=C(O)CCc1ccc(S(=O)(=O)N2CCc3ccccc32)cc1. The van der Waals surface area contributed by atoms with E-state index in [2.05, 4.69) is 0 Å². The third-order valence-corrected chi connectivity index (χ3v) is 5.81. The molecule has 120 valence electrons. The Hall–Kier alpha value is -2.34. The number of carboxylic acid groups (broad SMARTS) is 1. The molecule has 2 aromatic carbocycles. The third-order valence-electron chi connectivity index (χ3n) is 3.98. The van der Waals surface area contributed by atoms with Gasteiger partial charge in [0.15, 0.2) is 0 Å². The molecule has 0 amide bonds. The molecule has 2 aromatic rings. The van der Waals surface area contributed by atoms with Gasteiger partial charge in [-0.3, -0.25) is 9.10 Å². The smallest absolute Gasteiger partial charge is 0.303 e. The first-order valence-corrected chi connectivity index (χ1v) is 8.84.